The number of pyridine rings is 1. The zero-order chi connectivity index (χ0) is 25.3. The van der Waals surface area contributed by atoms with Crippen LogP contribution in [0.2, 0.25) is 0 Å². The van der Waals surface area contributed by atoms with Gasteiger partial charge < -0.3 is 5.11 Å². The lowest BCUT2D eigenvalue weighted by molar-refractivity contribution is -0.0328. The van der Waals surface area contributed by atoms with Gasteiger partial charge in [-0.05, 0) is 59.3 Å². The van der Waals surface area contributed by atoms with E-state index in [-0.39, 0.29) is 34.8 Å². The van der Waals surface area contributed by atoms with E-state index >= 15 is 0 Å². The van der Waals surface area contributed by atoms with Gasteiger partial charge in [-0.3, -0.25) is 9.55 Å². The van der Waals surface area contributed by atoms with Crippen LogP contribution in [-0.2, 0) is 13.0 Å². The second-order valence-corrected chi connectivity index (χ2v) is 9.30. The summed E-state index contributed by atoms with van der Waals surface area (Å²) in [4.78, 5) is 18.0. The van der Waals surface area contributed by atoms with Crippen LogP contribution in [0.3, 0.4) is 0 Å². The van der Waals surface area contributed by atoms with Gasteiger partial charge in [-0.25, -0.2) is 9.36 Å². The van der Waals surface area contributed by atoms with Gasteiger partial charge in [-0.1, -0.05) is 48.5 Å². The molecule has 1 N–H and O–H groups in total. The maximum absolute atomic E-state index is 13.6. The fourth-order valence-electron chi connectivity index (χ4n) is 4.20. The Labute approximate surface area is 208 Å². The Kier molecular flexibility index (Phi) is 6.32. The summed E-state index contributed by atoms with van der Waals surface area (Å²) in [5.74, 6) is -0.251. The quantitative estimate of drug-likeness (QED) is 0.280. The molecule has 0 saturated carbocycles. The third-order valence-corrected chi connectivity index (χ3v) is 6.57. The molecule has 3 aromatic carbocycles. The van der Waals surface area contributed by atoms with Crippen molar-refractivity contribution in [2.24, 2.45) is 0 Å². The fourth-order valence-corrected chi connectivity index (χ4v) is 4.74. The summed E-state index contributed by atoms with van der Waals surface area (Å²) in [6, 6.07) is 24.2. The van der Waals surface area contributed by atoms with Crippen LogP contribution in [-0.4, -0.2) is 24.7 Å². The molecular weight excluding hydrogens is 487 g/mol. The fraction of sp³-hybridized carbons (Fsp3) is 0.111. The van der Waals surface area contributed by atoms with E-state index in [1.165, 1.54) is 28.8 Å². The van der Waals surface area contributed by atoms with Crippen LogP contribution in [0.1, 0.15) is 16.8 Å². The van der Waals surface area contributed by atoms with Crippen molar-refractivity contribution in [2.45, 2.75) is 23.4 Å². The number of thioether (sulfide) groups is 1. The second kappa shape index (κ2) is 9.58. The molecule has 182 valence electrons. The van der Waals surface area contributed by atoms with E-state index in [2.05, 4.69) is 4.98 Å². The van der Waals surface area contributed by atoms with E-state index in [1.807, 2.05) is 60.7 Å². The molecule has 9 heteroatoms. The van der Waals surface area contributed by atoms with Crippen molar-refractivity contribution in [2.75, 3.05) is 0 Å². The van der Waals surface area contributed by atoms with Gasteiger partial charge >= 0.3 is 11.2 Å². The van der Waals surface area contributed by atoms with E-state index in [1.54, 1.807) is 6.20 Å². The lowest BCUT2D eigenvalue weighted by atomic mass is 10.1. The predicted molar refractivity (Wildman–Crippen MR) is 134 cm³/mol. The Hall–Kier alpha value is -3.98. The highest BCUT2D eigenvalue weighted by molar-refractivity contribution is 8.00. The van der Waals surface area contributed by atoms with E-state index in [0.717, 1.165) is 26.6 Å². The first-order valence-electron chi connectivity index (χ1n) is 11.1. The summed E-state index contributed by atoms with van der Waals surface area (Å²) in [6.07, 6.45) is 1.97. The molecule has 0 saturated heterocycles. The summed E-state index contributed by atoms with van der Waals surface area (Å²) < 4.78 is 40.8. The summed E-state index contributed by atoms with van der Waals surface area (Å²) >= 11 is -0.235. The zero-order valence-corrected chi connectivity index (χ0v) is 19.6. The molecule has 5 aromatic rings. The van der Waals surface area contributed by atoms with Crippen LogP contribution in [0.5, 0.6) is 5.88 Å². The molecule has 2 heterocycles. The van der Waals surface area contributed by atoms with Gasteiger partial charge in [0.1, 0.15) is 0 Å². The molecule has 5 nitrogen and oxygen atoms in total. The SMILES string of the molecule is O=c1n(Cc2ccnc3ccccc23)c(Cc2ccccc2)c(O)n1-c1ccc(SC(F)(F)F)cc1. The van der Waals surface area contributed by atoms with Crippen LogP contribution in [0.25, 0.3) is 16.6 Å². The van der Waals surface area contributed by atoms with Gasteiger partial charge in [-0.15, -0.1) is 0 Å². The lowest BCUT2D eigenvalue weighted by Gasteiger charge is -2.10. The molecule has 2 aromatic heterocycles. The number of fused-ring (bicyclic) bond motifs is 1. The summed E-state index contributed by atoms with van der Waals surface area (Å²) in [7, 11) is 0. The van der Waals surface area contributed by atoms with Crippen molar-refractivity contribution in [1.82, 2.24) is 14.1 Å². The standard InChI is InChI=1S/C27H20F3N3O2S/c28-27(29,30)36-21-12-10-20(11-13-21)33-25(34)24(16-18-6-2-1-3-7-18)32(26(33)35)17-19-14-15-31-23-9-5-4-8-22(19)23/h1-15,34H,16-17H2. The van der Waals surface area contributed by atoms with Crippen molar-refractivity contribution in [3.05, 3.63) is 118 Å². The lowest BCUT2D eigenvalue weighted by Crippen LogP contribution is -2.25. The molecular formula is C27H20F3N3O2S. The van der Waals surface area contributed by atoms with Crippen LogP contribution in [0.4, 0.5) is 13.2 Å². The smallest absolute Gasteiger partial charge is 0.446 e. The van der Waals surface area contributed by atoms with Crippen molar-refractivity contribution in [3.63, 3.8) is 0 Å². The number of aromatic hydroxyl groups is 1. The van der Waals surface area contributed by atoms with E-state index in [9.17, 15) is 23.1 Å². The minimum atomic E-state index is -4.42. The van der Waals surface area contributed by atoms with Gasteiger partial charge in [0.05, 0.1) is 23.4 Å². The third kappa shape index (κ3) is 4.87. The maximum Gasteiger partial charge on any atom is 0.446 e. The van der Waals surface area contributed by atoms with Gasteiger partial charge in [0.2, 0.25) is 5.88 Å². The van der Waals surface area contributed by atoms with Gasteiger partial charge in [0.15, 0.2) is 0 Å². The molecule has 5 rings (SSSR count). The number of halogens is 3. The minimum Gasteiger partial charge on any atom is -0.493 e. The monoisotopic (exact) mass is 507 g/mol. The number of hydrogen-bond donors (Lipinski definition) is 1. The van der Waals surface area contributed by atoms with E-state index in [4.69, 9.17) is 0 Å². The average Bonchev–Trinajstić information content (AvgIpc) is 3.08. The third-order valence-electron chi connectivity index (χ3n) is 5.83. The Morgan fingerprint density at radius 1 is 0.889 bits per heavy atom. The van der Waals surface area contributed by atoms with Crippen molar-refractivity contribution < 1.29 is 18.3 Å². The molecule has 0 aliphatic heterocycles. The second-order valence-electron chi connectivity index (χ2n) is 8.17. The van der Waals surface area contributed by atoms with Gasteiger partial charge in [0.25, 0.3) is 0 Å². The number of imidazole rings is 1. The largest absolute Gasteiger partial charge is 0.493 e. The van der Waals surface area contributed by atoms with E-state index < -0.39 is 11.2 Å². The number of hydrogen-bond acceptors (Lipinski definition) is 4. The highest BCUT2D eigenvalue weighted by atomic mass is 32.2. The van der Waals surface area contributed by atoms with Crippen LogP contribution in [0, 0.1) is 0 Å². The van der Waals surface area contributed by atoms with Crippen LogP contribution < -0.4 is 5.69 Å². The first-order valence-corrected chi connectivity index (χ1v) is 11.9. The van der Waals surface area contributed by atoms with Gasteiger partial charge in [0, 0.05) is 22.9 Å². The summed E-state index contributed by atoms with van der Waals surface area (Å²) in [5, 5.41) is 12.1. The van der Waals surface area contributed by atoms with Crippen molar-refractivity contribution >= 4 is 22.7 Å². The molecule has 0 fully saturated rings. The van der Waals surface area contributed by atoms with Crippen molar-refractivity contribution in [1.29, 1.82) is 0 Å². The Bertz CT molecular complexity index is 1570. The van der Waals surface area contributed by atoms with Gasteiger partial charge in [-0.2, -0.15) is 13.2 Å². The molecule has 0 aliphatic rings. The van der Waals surface area contributed by atoms with Crippen LogP contribution in [0.15, 0.2) is 101 Å². The Balaban J connectivity index is 1.62. The summed E-state index contributed by atoms with van der Waals surface area (Å²) in [6.45, 7) is 0.187. The molecule has 0 bridgehead atoms. The Morgan fingerprint density at radius 2 is 1.58 bits per heavy atom. The number of aromatic nitrogens is 3. The summed E-state index contributed by atoms with van der Waals surface area (Å²) in [5.41, 5.74) is -1.69. The number of benzene rings is 3. The average molecular weight is 508 g/mol. The molecule has 36 heavy (non-hydrogen) atoms. The topological polar surface area (TPSA) is 60.1 Å². The number of para-hydroxylation sites is 1. The van der Waals surface area contributed by atoms with Crippen LogP contribution >= 0.6 is 11.8 Å². The zero-order valence-electron chi connectivity index (χ0n) is 18.8. The maximum atomic E-state index is 13.6. The first-order chi connectivity index (χ1) is 17.3. The molecule has 0 atom stereocenters. The Morgan fingerprint density at radius 3 is 2.31 bits per heavy atom. The predicted octanol–water partition coefficient (Wildman–Crippen LogP) is 6.14. The molecule has 0 aliphatic carbocycles. The normalized spacial score (nSPS) is 11.8. The highest BCUT2D eigenvalue weighted by Gasteiger charge is 2.29. The molecule has 0 unspecified atom stereocenters. The first kappa shape index (κ1) is 23.7. The molecule has 0 radical (unpaired) electrons. The molecule has 0 amide bonds. The number of rotatable bonds is 6. The van der Waals surface area contributed by atoms with Crippen molar-refractivity contribution in [3.8, 4) is 11.6 Å². The molecule has 0 spiro atoms. The number of nitrogens with zero attached hydrogens (tertiary/aromatic N) is 3. The highest BCUT2D eigenvalue weighted by Crippen LogP contribution is 2.37. The number of alkyl halides is 3. The minimum absolute atomic E-state index is 0.00835. The van der Waals surface area contributed by atoms with E-state index in [0.29, 0.717) is 12.1 Å².